The molecule has 2 heterocycles. The highest BCUT2D eigenvalue weighted by Crippen LogP contribution is 2.25. The maximum absolute atomic E-state index is 12.9. The average molecular weight is 449 g/mol. The van der Waals surface area contributed by atoms with Crippen molar-refractivity contribution in [2.75, 3.05) is 0 Å². The van der Waals surface area contributed by atoms with E-state index in [1.807, 2.05) is 6.92 Å². The Morgan fingerprint density at radius 1 is 1.10 bits per heavy atom. The average Bonchev–Trinajstić information content (AvgIpc) is 3.02. The Balaban J connectivity index is 1.79. The van der Waals surface area contributed by atoms with E-state index in [-0.39, 0.29) is 22.2 Å². The third-order valence-corrected chi connectivity index (χ3v) is 4.86. The van der Waals surface area contributed by atoms with Gasteiger partial charge in [0.05, 0.1) is 5.56 Å². The minimum atomic E-state index is -2.90. The van der Waals surface area contributed by atoms with Gasteiger partial charge in [0.1, 0.15) is 10.9 Å². The number of halogens is 3. The Labute approximate surface area is 182 Å². The van der Waals surface area contributed by atoms with Gasteiger partial charge in [0.2, 0.25) is 5.78 Å². The van der Waals surface area contributed by atoms with Crippen LogP contribution in [0.2, 0.25) is 5.15 Å². The fraction of sp³-hybridized carbons (Fsp3) is 0.227. The Morgan fingerprint density at radius 2 is 1.77 bits per heavy atom. The number of aromatic nitrogens is 2. The Kier molecular flexibility index (Phi) is 6.70. The molecule has 162 valence electrons. The van der Waals surface area contributed by atoms with Crippen molar-refractivity contribution in [2.45, 2.75) is 33.5 Å². The summed E-state index contributed by atoms with van der Waals surface area (Å²) in [7, 11) is 0. The number of ketones is 1. The van der Waals surface area contributed by atoms with E-state index in [0.29, 0.717) is 16.9 Å². The zero-order valence-corrected chi connectivity index (χ0v) is 17.7. The van der Waals surface area contributed by atoms with Gasteiger partial charge >= 0.3 is 12.6 Å². The first-order valence-electron chi connectivity index (χ1n) is 9.28. The molecular formula is C22H19ClF2N2O4. The van der Waals surface area contributed by atoms with Crippen LogP contribution in [-0.4, -0.2) is 34.0 Å². The first-order valence-corrected chi connectivity index (χ1v) is 9.66. The molecule has 9 heteroatoms. The first kappa shape index (κ1) is 22.4. The van der Waals surface area contributed by atoms with Crippen LogP contribution in [0.4, 0.5) is 8.78 Å². The van der Waals surface area contributed by atoms with Gasteiger partial charge in [-0.2, -0.15) is 8.78 Å². The minimum absolute atomic E-state index is 0.0368. The number of ether oxygens (including phenoxy) is 2. The first-order chi connectivity index (χ1) is 14.7. The summed E-state index contributed by atoms with van der Waals surface area (Å²) in [6, 6.07) is 10.7. The summed E-state index contributed by atoms with van der Waals surface area (Å²) in [5.74, 6) is -1.02. The highest BCUT2D eigenvalue weighted by Gasteiger charge is 2.25. The molecule has 0 aliphatic rings. The summed E-state index contributed by atoms with van der Waals surface area (Å²) in [4.78, 5) is 29.0. The van der Waals surface area contributed by atoms with E-state index in [0.717, 1.165) is 5.69 Å². The lowest BCUT2D eigenvalue weighted by Gasteiger charge is -2.14. The van der Waals surface area contributed by atoms with Crippen molar-refractivity contribution < 1.29 is 27.8 Å². The van der Waals surface area contributed by atoms with Gasteiger partial charge in [-0.3, -0.25) is 4.79 Å². The molecule has 1 aromatic carbocycles. The fourth-order valence-corrected chi connectivity index (χ4v) is 3.30. The molecule has 0 unspecified atom stereocenters. The van der Waals surface area contributed by atoms with Crippen LogP contribution in [0, 0.1) is 13.8 Å². The van der Waals surface area contributed by atoms with E-state index in [9.17, 15) is 18.4 Å². The molecule has 3 aromatic rings. The maximum Gasteiger partial charge on any atom is 0.387 e. The normalized spacial score (nSPS) is 12.0. The lowest BCUT2D eigenvalue weighted by molar-refractivity contribution is -0.0498. The molecule has 0 fully saturated rings. The fourth-order valence-electron chi connectivity index (χ4n) is 3.18. The zero-order valence-electron chi connectivity index (χ0n) is 16.9. The van der Waals surface area contributed by atoms with E-state index in [1.54, 1.807) is 29.7 Å². The summed E-state index contributed by atoms with van der Waals surface area (Å²) < 4.78 is 36.1. The summed E-state index contributed by atoms with van der Waals surface area (Å²) in [6.45, 7) is 2.15. The Hall–Kier alpha value is -3.26. The van der Waals surface area contributed by atoms with Crippen molar-refractivity contribution in [1.29, 1.82) is 0 Å². The van der Waals surface area contributed by atoms with Gasteiger partial charge in [-0.05, 0) is 63.2 Å². The van der Waals surface area contributed by atoms with E-state index >= 15 is 0 Å². The number of carbonyl (C=O) groups excluding carboxylic acids is 2. The van der Waals surface area contributed by atoms with Gasteiger partial charge < -0.3 is 14.0 Å². The predicted molar refractivity (Wildman–Crippen MR) is 110 cm³/mol. The summed E-state index contributed by atoms with van der Waals surface area (Å²) >= 11 is 5.71. The SMILES string of the molecule is Cc1cc(C(=O)[C@H](C)OC(=O)c2ccc(Cl)nc2)c(C)n1-c1ccc(OC(F)F)cc1. The molecule has 0 saturated carbocycles. The topological polar surface area (TPSA) is 70.4 Å². The van der Waals surface area contributed by atoms with Crippen LogP contribution < -0.4 is 4.74 Å². The molecule has 0 bridgehead atoms. The Morgan fingerprint density at radius 3 is 2.35 bits per heavy atom. The number of benzene rings is 1. The number of esters is 1. The third-order valence-electron chi connectivity index (χ3n) is 4.63. The second-order valence-electron chi connectivity index (χ2n) is 6.77. The lowest BCUT2D eigenvalue weighted by atomic mass is 10.1. The number of hydrogen-bond donors (Lipinski definition) is 0. The van der Waals surface area contributed by atoms with Crippen LogP contribution in [0.3, 0.4) is 0 Å². The lowest BCUT2D eigenvalue weighted by Crippen LogP contribution is -2.25. The molecule has 0 amide bonds. The van der Waals surface area contributed by atoms with Crippen molar-refractivity contribution in [3.8, 4) is 11.4 Å². The molecule has 0 radical (unpaired) electrons. The number of pyridine rings is 1. The van der Waals surface area contributed by atoms with Crippen molar-refractivity contribution in [2.24, 2.45) is 0 Å². The number of alkyl halides is 2. The predicted octanol–water partition coefficient (Wildman–Crippen LogP) is 5.17. The molecule has 6 nitrogen and oxygen atoms in total. The van der Waals surface area contributed by atoms with Gasteiger partial charge in [0.25, 0.3) is 0 Å². The molecule has 1 atom stereocenters. The van der Waals surface area contributed by atoms with Gasteiger partial charge in [-0.25, -0.2) is 9.78 Å². The van der Waals surface area contributed by atoms with Crippen LogP contribution in [0.1, 0.15) is 39.0 Å². The van der Waals surface area contributed by atoms with Crippen molar-refractivity contribution in [3.05, 3.63) is 76.3 Å². The smallest absolute Gasteiger partial charge is 0.387 e. The monoisotopic (exact) mass is 448 g/mol. The van der Waals surface area contributed by atoms with Gasteiger partial charge in [-0.1, -0.05) is 11.6 Å². The maximum atomic E-state index is 12.9. The standard InChI is InChI=1S/C22H19ClF2N2O4/c1-12-10-18(13(2)27(12)16-5-7-17(8-6-16)31-22(24)25)20(28)14(3)30-21(29)15-4-9-19(23)26-11-15/h4-11,14,22H,1-3H3/t14-/m0/s1. The molecular weight excluding hydrogens is 430 g/mol. The third kappa shape index (κ3) is 5.08. The number of nitrogens with zero attached hydrogens (tertiary/aromatic N) is 2. The number of hydrogen-bond acceptors (Lipinski definition) is 5. The molecule has 0 saturated heterocycles. The molecule has 0 spiro atoms. The van der Waals surface area contributed by atoms with Gasteiger partial charge in [0.15, 0.2) is 6.10 Å². The number of aryl methyl sites for hydroxylation is 1. The summed E-state index contributed by atoms with van der Waals surface area (Å²) in [6.07, 6.45) is 0.244. The van der Waals surface area contributed by atoms with Crippen LogP contribution in [0.25, 0.3) is 5.69 Å². The van der Waals surface area contributed by atoms with Crippen LogP contribution in [0.5, 0.6) is 5.75 Å². The molecule has 31 heavy (non-hydrogen) atoms. The minimum Gasteiger partial charge on any atom is -0.451 e. The van der Waals surface area contributed by atoms with Gasteiger partial charge in [0, 0.05) is 28.8 Å². The largest absolute Gasteiger partial charge is 0.451 e. The van der Waals surface area contributed by atoms with E-state index in [4.69, 9.17) is 16.3 Å². The molecule has 2 aromatic heterocycles. The highest BCUT2D eigenvalue weighted by molar-refractivity contribution is 6.29. The second-order valence-corrected chi connectivity index (χ2v) is 7.16. The highest BCUT2D eigenvalue weighted by atomic mass is 35.5. The molecule has 0 aliphatic carbocycles. The number of carbonyl (C=O) groups is 2. The van der Waals surface area contributed by atoms with E-state index in [1.165, 1.54) is 37.4 Å². The quantitative estimate of drug-likeness (QED) is 0.283. The van der Waals surface area contributed by atoms with E-state index < -0.39 is 18.7 Å². The summed E-state index contributed by atoms with van der Waals surface area (Å²) in [5, 5.41) is 0.238. The van der Waals surface area contributed by atoms with Crippen LogP contribution >= 0.6 is 11.6 Å². The van der Waals surface area contributed by atoms with E-state index in [2.05, 4.69) is 9.72 Å². The van der Waals surface area contributed by atoms with Crippen molar-refractivity contribution >= 4 is 23.4 Å². The number of Topliss-reactive ketones (excluding diaryl/α,β-unsaturated/α-hetero) is 1. The van der Waals surface area contributed by atoms with Crippen molar-refractivity contribution in [3.63, 3.8) is 0 Å². The van der Waals surface area contributed by atoms with Crippen LogP contribution in [0.15, 0.2) is 48.7 Å². The van der Waals surface area contributed by atoms with Gasteiger partial charge in [-0.15, -0.1) is 0 Å². The molecule has 0 aliphatic heterocycles. The zero-order chi connectivity index (χ0) is 22.7. The Bertz CT molecular complexity index is 1100. The van der Waals surface area contributed by atoms with Crippen molar-refractivity contribution in [1.82, 2.24) is 9.55 Å². The molecule has 0 N–H and O–H groups in total. The molecule has 3 rings (SSSR count). The van der Waals surface area contributed by atoms with Crippen LogP contribution in [-0.2, 0) is 4.74 Å². The summed E-state index contributed by atoms with van der Waals surface area (Å²) in [5.41, 5.74) is 2.62. The second kappa shape index (κ2) is 9.26. The number of rotatable bonds is 7.